The smallest absolute Gasteiger partial charge is 0.272 e. The molecule has 0 amide bonds. The first-order valence-electron chi connectivity index (χ1n) is 4.48. The second-order valence-corrected chi connectivity index (χ2v) is 3.10. The number of benzene rings is 1. The number of nitro benzene ring substituents is 1. The van der Waals surface area contributed by atoms with Crippen LogP contribution in [0.4, 0.5) is 5.69 Å². The average molecular weight is 205 g/mol. The van der Waals surface area contributed by atoms with E-state index in [1.165, 1.54) is 6.07 Å². The fourth-order valence-electron chi connectivity index (χ4n) is 1.41. The molecule has 0 spiro atoms. The lowest BCUT2D eigenvalue weighted by atomic mass is 9.95. The third kappa shape index (κ3) is 2.55. The Kier molecular flexibility index (Phi) is 3.83. The highest BCUT2D eigenvalue weighted by Crippen LogP contribution is 2.27. The summed E-state index contributed by atoms with van der Waals surface area (Å²) in [4.78, 5) is 10.3. The van der Waals surface area contributed by atoms with Gasteiger partial charge in [0.15, 0.2) is 0 Å². The number of aliphatic hydroxyl groups is 1. The molecule has 0 aliphatic heterocycles. The monoisotopic (exact) mass is 205 g/mol. The molecule has 0 aliphatic carbocycles. The molecule has 4 heteroatoms. The van der Waals surface area contributed by atoms with Crippen LogP contribution in [0, 0.1) is 22.5 Å². The van der Waals surface area contributed by atoms with Crippen LogP contribution in [0.3, 0.4) is 0 Å². The fraction of sp³-hybridized carbons (Fsp3) is 0.273. The topological polar surface area (TPSA) is 63.4 Å². The van der Waals surface area contributed by atoms with Crippen LogP contribution in [-0.4, -0.2) is 16.6 Å². The van der Waals surface area contributed by atoms with E-state index in [9.17, 15) is 10.1 Å². The van der Waals surface area contributed by atoms with Gasteiger partial charge in [0, 0.05) is 24.0 Å². The highest BCUT2D eigenvalue weighted by Gasteiger charge is 2.19. The standard InChI is InChI=1S/C11H11NO3/c1-2-5-9(8-13)10-6-3-4-7-11(10)12(14)15/h1,3-4,6-7,9,13H,5,8H2. The Morgan fingerprint density at radius 3 is 2.73 bits per heavy atom. The molecule has 0 heterocycles. The van der Waals surface area contributed by atoms with Crippen molar-refractivity contribution in [1.29, 1.82) is 0 Å². The molecule has 78 valence electrons. The molecular weight excluding hydrogens is 194 g/mol. The minimum atomic E-state index is -0.464. The Hall–Kier alpha value is -1.86. The van der Waals surface area contributed by atoms with Crippen LogP contribution in [0.1, 0.15) is 17.9 Å². The van der Waals surface area contributed by atoms with E-state index in [2.05, 4.69) is 5.92 Å². The fourth-order valence-corrected chi connectivity index (χ4v) is 1.41. The number of aliphatic hydroxyl groups excluding tert-OH is 1. The molecule has 0 fully saturated rings. The first-order chi connectivity index (χ1) is 7.20. The lowest BCUT2D eigenvalue weighted by molar-refractivity contribution is -0.385. The summed E-state index contributed by atoms with van der Waals surface area (Å²) in [6, 6.07) is 6.32. The molecule has 0 radical (unpaired) electrons. The first kappa shape index (κ1) is 11.2. The van der Waals surface area contributed by atoms with Crippen LogP contribution in [0.25, 0.3) is 0 Å². The summed E-state index contributed by atoms with van der Waals surface area (Å²) >= 11 is 0. The van der Waals surface area contributed by atoms with Gasteiger partial charge in [-0.3, -0.25) is 10.1 Å². The summed E-state index contributed by atoms with van der Waals surface area (Å²) in [5, 5.41) is 19.8. The molecule has 1 rings (SSSR count). The van der Waals surface area contributed by atoms with Crippen molar-refractivity contribution in [2.45, 2.75) is 12.3 Å². The van der Waals surface area contributed by atoms with Gasteiger partial charge < -0.3 is 5.11 Å². The molecular formula is C11H11NO3. The van der Waals surface area contributed by atoms with Gasteiger partial charge in [0.2, 0.25) is 0 Å². The van der Waals surface area contributed by atoms with E-state index in [1.807, 2.05) is 0 Å². The number of hydrogen-bond acceptors (Lipinski definition) is 3. The normalized spacial score (nSPS) is 11.7. The Morgan fingerprint density at radius 1 is 1.53 bits per heavy atom. The third-order valence-corrected chi connectivity index (χ3v) is 2.16. The highest BCUT2D eigenvalue weighted by molar-refractivity contribution is 5.42. The SMILES string of the molecule is C#CCC(CO)c1ccccc1[N+](=O)[O-]. The number of terminal acetylenes is 1. The molecule has 0 saturated carbocycles. The number of nitrogens with zero attached hydrogens (tertiary/aromatic N) is 1. The van der Waals surface area contributed by atoms with E-state index in [0.29, 0.717) is 12.0 Å². The van der Waals surface area contributed by atoms with Gasteiger partial charge in [-0.2, -0.15) is 0 Å². The van der Waals surface area contributed by atoms with Crippen molar-refractivity contribution in [1.82, 2.24) is 0 Å². The highest BCUT2D eigenvalue weighted by atomic mass is 16.6. The third-order valence-electron chi connectivity index (χ3n) is 2.16. The number of para-hydroxylation sites is 1. The zero-order valence-corrected chi connectivity index (χ0v) is 8.09. The second kappa shape index (κ2) is 5.13. The van der Waals surface area contributed by atoms with Crippen molar-refractivity contribution in [2.75, 3.05) is 6.61 Å². The van der Waals surface area contributed by atoms with E-state index in [4.69, 9.17) is 11.5 Å². The molecule has 0 aliphatic rings. The first-order valence-corrected chi connectivity index (χ1v) is 4.48. The molecule has 1 N–H and O–H groups in total. The van der Waals surface area contributed by atoms with Crippen LogP contribution >= 0.6 is 0 Å². The van der Waals surface area contributed by atoms with E-state index in [1.54, 1.807) is 18.2 Å². The zero-order chi connectivity index (χ0) is 11.3. The molecule has 1 aromatic carbocycles. The Balaban J connectivity index is 3.11. The van der Waals surface area contributed by atoms with E-state index >= 15 is 0 Å². The minimum Gasteiger partial charge on any atom is -0.396 e. The molecule has 0 aromatic heterocycles. The lowest BCUT2D eigenvalue weighted by Crippen LogP contribution is -2.06. The maximum absolute atomic E-state index is 10.7. The van der Waals surface area contributed by atoms with Gasteiger partial charge in [0.25, 0.3) is 5.69 Å². The largest absolute Gasteiger partial charge is 0.396 e. The number of rotatable bonds is 4. The van der Waals surface area contributed by atoms with Gasteiger partial charge in [0.05, 0.1) is 11.5 Å². The van der Waals surface area contributed by atoms with Gasteiger partial charge >= 0.3 is 0 Å². The van der Waals surface area contributed by atoms with Crippen LogP contribution in [0.2, 0.25) is 0 Å². The van der Waals surface area contributed by atoms with Crippen molar-refractivity contribution < 1.29 is 10.0 Å². The van der Waals surface area contributed by atoms with Gasteiger partial charge in [-0.05, 0) is 0 Å². The summed E-state index contributed by atoms with van der Waals surface area (Å²) in [6.07, 6.45) is 5.43. The van der Waals surface area contributed by atoms with Crippen molar-refractivity contribution in [3.8, 4) is 12.3 Å². The second-order valence-electron chi connectivity index (χ2n) is 3.10. The Morgan fingerprint density at radius 2 is 2.20 bits per heavy atom. The van der Waals surface area contributed by atoms with Crippen LogP contribution in [0.5, 0.6) is 0 Å². The molecule has 1 aromatic rings. The van der Waals surface area contributed by atoms with Crippen LogP contribution in [-0.2, 0) is 0 Å². The number of hydrogen-bond donors (Lipinski definition) is 1. The van der Waals surface area contributed by atoms with Crippen molar-refractivity contribution in [3.63, 3.8) is 0 Å². The van der Waals surface area contributed by atoms with E-state index < -0.39 is 4.92 Å². The molecule has 4 nitrogen and oxygen atoms in total. The number of nitro groups is 1. The van der Waals surface area contributed by atoms with Crippen molar-refractivity contribution in [3.05, 3.63) is 39.9 Å². The molecule has 1 unspecified atom stereocenters. The van der Waals surface area contributed by atoms with Gasteiger partial charge in [-0.15, -0.1) is 12.3 Å². The maximum atomic E-state index is 10.7. The quantitative estimate of drug-likeness (QED) is 0.462. The van der Waals surface area contributed by atoms with Crippen LogP contribution in [0.15, 0.2) is 24.3 Å². The molecule has 0 bridgehead atoms. The summed E-state index contributed by atoms with van der Waals surface area (Å²) < 4.78 is 0. The summed E-state index contributed by atoms with van der Waals surface area (Å²) in [7, 11) is 0. The predicted molar refractivity (Wildman–Crippen MR) is 56.4 cm³/mol. The van der Waals surface area contributed by atoms with Gasteiger partial charge in [-0.1, -0.05) is 18.2 Å². The average Bonchev–Trinajstić information content (AvgIpc) is 2.26. The van der Waals surface area contributed by atoms with Gasteiger partial charge in [-0.25, -0.2) is 0 Å². The van der Waals surface area contributed by atoms with Crippen molar-refractivity contribution in [2.24, 2.45) is 0 Å². The lowest BCUT2D eigenvalue weighted by Gasteiger charge is -2.11. The van der Waals surface area contributed by atoms with Crippen LogP contribution < -0.4 is 0 Å². The van der Waals surface area contributed by atoms with E-state index in [-0.39, 0.29) is 18.2 Å². The summed E-state index contributed by atoms with van der Waals surface area (Å²) in [6.45, 7) is -0.185. The minimum absolute atomic E-state index is 0.00630. The molecule has 1 atom stereocenters. The summed E-state index contributed by atoms with van der Waals surface area (Å²) in [5.41, 5.74) is 0.495. The predicted octanol–water partition coefficient (Wildman–Crippen LogP) is 1.69. The zero-order valence-electron chi connectivity index (χ0n) is 8.09. The van der Waals surface area contributed by atoms with Gasteiger partial charge in [0.1, 0.15) is 0 Å². The Bertz CT molecular complexity index is 395. The van der Waals surface area contributed by atoms with E-state index in [0.717, 1.165) is 0 Å². The molecule has 0 saturated heterocycles. The maximum Gasteiger partial charge on any atom is 0.272 e. The Labute approximate surface area is 87.7 Å². The van der Waals surface area contributed by atoms with Crippen molar-refractivity contribution >= 4 is 5.69 Å². The summed E-state index contributed by atoms with van der Waals surface area (Å²) in [5.74, 6) is 2.04. The molecule has 15 heavy (non-hydrogen) atoms.